The molecule has 0 atom stereocenters. The van der Waals surface area contributed by atoms with E-state index in [2.05, 4.69) is 0 Å². The normalized spacial score (nSPS) is 15.5. The van der Waals surface area contributed by atoms with Gasteiger partial charge in [0.2, 0.25) is 0 Å². The van der Waals surface area contributed by atoms with Crippen LogP contribution in [0.2, 0.25) is 0 Å². The third kappa shape index (κ3) is 2.95. The van der Waals surface area contributed by atoms with Gasteiger partial charge in [-0.05, 0) is 50.5 Å². The van der Waals surface area contributed by atoms with Crippen molar-refractivity contribution in [2.24, 2.45) is 0 Å². The molecule has 1 aromatic carbocycles. The number of benzene rings is 1. The van der Waals surface area contributed by atoms with Crippen molar-refractivity contribution in [2.75, 3.05) is 6.61 Å². The van der Waals surface area contributed by atoms with Crippen LogP contribution in [-0.4, -0.2) is 17.5 Å². The Morgan fingerprint density at radius 3 is 2.21 bits per heavy atom. The Kier molecular flexibility index (Phi) is 5.45. The first kappa shape index (κ1) is 19.9. The van der Waals surface area contributed by atoms with Crippen LogP contribution >= 0.6 is 0 Å². The van der Waals surface area contributed by atoms with Crippen LogP contribution in [0.4, 0.5) is 0 Å². The second-order valence-corrected chi connectivity index (χ2v) is 6.94. The molecule has 0 unspecified atom stereocenters. The fourth-order valence-corrected chi connectivity index (χ4v) is 3.95. The summed E-state index contributed by atoms with van der Waals surface area (Å²) < 4.78 is 11.6. The smallest absolute Gasteiger partial charge is 0.196 e. The summed E-state index contributed by atoms with van der Waals surface area (Å²) in [5.41, 5.74) is -0.144. The van der Waals surface area contributed by atoms with Crippen molar-refractivity contribution in [1.82, 2.24) is 0 Å². The van der Waals surface area contributed by atoms with E-state index < -0.39 is 5.41 Å². The number of aliphatic hydroxyl groups excluding tert-OH is 1. The molecule has 1 heterocycles. The second kappa shape index (κ2) is 7.66. The standard InChI is InChI=1S/C23H26O5/c1-5-16-20(25)19-17(24)13-18(14-9-11-15(12-10-14)27-8-4)28-22(19)23(6-2,7-3)21(16)26/h9-13,25H,5-8H2,1-4H3. The molecule has 0 fully saturated rings. The van der Waals surface area contributed by atoms with Gasteiger partial charge in [0.25, 0.3) is 0 Å². The summed E-state index contributed by atoms with van der Waals surface area (Å²) in [6.45, 7) is 8.10. The van der Waals surface area contributed by atoms with E-state index in [9.17, 15) is 14.7 Å². The van der Waals surface area contributed by atoms with Gasteiger partial charge in [0.1, 0.15) is 28.6 Å². The van der Waals surface area contributed by atoms with E-state index in [0.29, 0.717) is 42.8 Å². The minimum Gasteiger partial charge on any atom is -0.507 e. The van der Waals surface area contributed by atoms with Crippen LogP contribution in [0, 0.1) is 0 Å². The number of fused-ring (bicyclic) bond motifs is 1. The van der Waals surface area contributed by atoms with E-state index in [0.717, 1.165) is 5.75 Å². The Labute approximate surface area is 164 Å². The lowest BCUT2D eigenvalue weighted by Gasteiger charge is -2.35. The van der Waals surface area contributed by atoms with Crippen LogP contribution in [0.3, 0.4) is 0 Å². The van der Waals surface area contributed by atoms with Gasteiger partial charge in [-0.1, -0.05) is 20.8 Å². The van der Waals surface area contributed by atoms with Crippen molar-refractivity contribution in [3.63, 3.8) is 0 Å². The largest absolute Gasteiger partial charge is 0.507 e. The summed E-state index contributed by atoms with van der Waals surface area (Å²) in [6.07, 6.45) is 1.34. The minimum atomic E-state index is -0.937. The number of ketones is 1. The van der Waals surface area contributed by atoms with Crippen LogP contribution in [0.15, 0.2) is 45.1 Å². The predicted molar refractivity (Wildman–Crippen MR) is 109 cm³/mol. The summed E-state index contributed by atoms with van der Waals surface area (Å²) >= 11 is 0. The molecule has 0 saturated heterocycles. The first-order chi connectivity index (χ1) is 13.4. The van der Waals surface area contributed by atoms with Gasteiger partial charge in [0, 0.05) is 17.2 Å². The van der Waals surface area contributed by atoms with E-state index >= 15 is 0 Å². The second-order valence-electron chi connectivity index (χ2n) is 6.94. The molecule has 0 amide bonds. The molecule has 0 aliphatic heterocycles. The quantitative estimate of drug-likeness (QED) is 0.759. The fourth-order valence-electron chi connectivity index (χ4n) is 3.95. The Hall–Kier alpha value is -2.82. The molecule has 0 bridgehead atoms. The van der Waals surface area contributed by atoms with Crippen molar-refractivity contribution >= 4 is 11.5 Å². The first-order valence-electron chi connectivity index (χ1n) is 9.82. The van der Waals surface area contributed by atoms with Crippen molar-refractivity contribution in [3.05, 3.63) is 57.5 Å². The first-order valence-corrected chi connectivity index (χ1v) is 9.82. The molecule has 0 spiro atoms. The maximum absolute atomic E-state index is 13.2. The Morgan fingerprint density at radius 1 is 1.04 bits per heavy atom. The monoisotopic (exact) mass is 382 g/mol. The van der Waals surface area contributed by atoms with Gasteiger partial charge in [-0.15, -0.1) is 0 Å². The number of Topliss-reactive ketones (excluding diaryl/α,β-unsaturated/α-hetero) is 1. The Morgan fingerprint density at radius 2 is 1.68 bits per heavy atom. The highest BCUT2D eigenvalue weighted by Gasteiger charge is 2.48. The summed E-state index contributed by atoms with van der Waals surface area (Å²) in [5.74, 6) is 0.975. The van der Waals surface area contributed by atoms with Gasteiger partial charge in [-0.25, -0.2) is 0 Å². The number of hydrogen-bond acceptors (Lipinski definition) is 5. The molecule has 2 aromatic rings. The molecule has 1 N–H and O–H groups in total. The number of carbonyl (C=O) groups is 1. The number of carbonyl (C=O) groups excluding carboxylic acids is 1. The Bertz CT molecular complexity index is 975. The van der Waals surface area contributed by atoms with Gasteiger partial charge >= 0.3 is 0 Å². The maximum atomic E-state index is 13.2. The molecule has 1 aliphatic carbocycles. The van der Waals surface area contributed by atoms with E-state index in [1.54, 1.807) is 6.92 Å². The van der Waals surface area contributed by atoms with Crippen LogP contribution in [0.1, 0.15) is 58.3 Å². The zero-order valence-corrected chi connectivity index (χ0v) is 16.8. The summed E-state index contributed by atoms with van der Waals surface area (Å²) in [6, 6.07) is 8.62. The van der Waals surface area contributed by atoms with Crippen molar-refractivity contribution in [1.29, 1.82) is 0 Å². The molecule has 148 valence electrons. The predicted octanol–water partition coefficient (Wildman–Crippen LogP) is 5.03. The average molecular weight is 382 g/mol. The number of aliphatic hydroxyl groups is 1. The highest BCUT2D eigenvalue weighted by Crippen LogP contribution is 2.44. The molecule has 0 saturated carbocycles. The van der Waals surface area contributed by atoms with Crippen LogP contribution in [-0.2, 0) is 10.2 Å². The average Bonchev–Trinajstić information content (AvgIpc) is 2.70. The number of rotatable bonds is 6. The molecule has 0 radical (unpaired) electrons. The van der Waals surface area contributed by atoms with Gasteiger partial charge in [-0.2, -0.15) is 0 Å². The van der Waals surface area contributed by atoms with Crippen molar-refractivity contribution in [2.45, 2.75) is 52.4 Å². The molecular formula is C23H26O5. The summed E-state index contributed by atoms with van der Waals surface area (Å²) in [5, 5.41) is 10.6. The molecule has 28 heavy (non-hydrogen) atoms. The topological polar surface area (TPSA) is 76.7 Å². The Balaban J connectivity index is 2.25. The number of hydrogen-bond donors (Lipinski definition) is 1. The third-order valence-corrected chi connectivity index (χ3v) is 5.62. The lowest BCUT2D eigenvalue weighted by atomic mass is 9.68. The van der Waals surface area contributed by atoms with E-state index in [-0.39, 0.29) is 28.3 Å². The molecule has 3 rings (SSSR count). The zero-order valence-electron chi connectivity index (χ0n) is 16.8. The lowest BCUT2D eigenvalue weighted by molar-refractivity contribution is -0.122. The minimum absolute atomic E-state index is 0.120. The van der Waals surface area contributed by atoms with Crippen LogP contribution in [0.25, 0.3) is 17.1 Å². The van der Waals surface area contributed by atoms with Gasteiger partial charge in [0.05, 0.1) is 12.0 Å². The maximum Gasteiger partial charge on any atom is 0.196 e. The lowest BCUT2D eigenvalue weighted by Crippen LogP contribution is -2.41. The van der Waals surface area contributed by atoms with Gasteiger partial charge in [-0.3, -0.25) is 9.59 Å². The van der Waals surface area contributed by atoms with Gasteiger partial charge in [0.15, 0.2) is 11.2 Å². The zero-order chi connectivity index (χ0) is 20.5. The number of allylic oxidation sites excluding steroid dienone is 1. The van der Waals surface area contributed by atoms with E-state index in [1.807, 2.05) is 45.0 Å². The van der Waals surface area contributed by atoms with Crippen LogP contribution < -0.4 is 10.2 Å². The SMILES string of the molecule is CCOc1ccc(-c2cc(=O)c3c(o2)C(CC)(CC)C(=O)C(CC)=C3O)cc1. The number of ether oxygens (including phenoxy) is 1. The molecule has 1 aromatic heterocycles. The fraction of sp³-hybridized carbons (Fsp3) is 0.391. The van der Waals surface area contributed by atoms with Gasteiger partial charge < -0.3 is 14.3 Å². The molecule has 5 heteroatoms. The van der Waals surface area contributed by atoms with Crippen molar-refractivity contribution < 1.29 is 19.1 Å². The van der Waals surface area contributed by atoms with E-state index in [4.69, 9.17) is 9.15 Å². The van der Waals surface area contributed by atoms with E-state index in [1.165, 1.54) is 6.07 Å². The highest BCUT2D eigenvalue weighted by molar-refractivity contribution is 6.10. The third-order valence-electron chi connectivity index (χ3n) is 5.62. The summed E-state index contributed by atoms with van der Waals surface area (Å²) in [4.78, 5) is 26.1. The van der Waals surface area contributed by atoms with Crippen LogP contribution in [0.5, 0.6) is 5.75 Å². The molecular weight excluding hydrogens is 356 g/mol. The van der Waals surface area contributed by atoms with Crippen molar-refractivity contribution in [3.8, 4) is 17.1 Å². The summed E-state index contributed by atoms with van der Waals surface area (Å²) in [7, 11) is 0. The molecule has 5 nitrogen and oxygen atoms in total. The molecule has 1 aliphatic rings. The highest BCUT2D eigenvalue weighted by atomic mass is 16.5.